The summed E-state index contributed by atoms with van der Waals surface area (Å²) < 4.78 is 13.6. The van der Waals surface area contributed by atoms with Crippen LogP contribution in [-0.2, 0) is 16.8 Å². The minimum absolute atomic E-state index is 0.0135. The summed E-state index contributed by atoms with van der Waals surface area (Å²) >= 11 is 4.08. The Labute approximate surface area is 257 Å². The molecule has 4 rings (SSSR count). The van der Waals surface area contributed by atoms with E-state index in [2.05, 4.69) is 51.8 Å². The fraction of sp³-hybridized carbons (Fsp3) is 0.357. The van der Waals surface area contributed by atoms with Crippen LogP contribution in [0.1, 0.15) is 49.4 Å². The third-order valence-corrected chi connectivity index (χ3v) is 8.78. The fourth-order valence-corrected chi connectivity index (χ4v) is 6.26. The summed E-state index contributed by atoms with van der Waals surface area (Å²) in [6, 6.07) is 12.9. The minimum Gasteiger partial charge on any atom is -0.497 e. The monoisotopic (exact) mass is 627 g/mol. The summed E-state index contributed by atoms with van der Waals surface area (Å²) in [6.45, 7) is 8.49. The summed E-state index contributed by atoms with van der Waals surface area (Å²) in [6.07, 6.45) is 0. The van der Waals surface area contributed by atoms with E-state index in [0.717, 1.165) is 15.7 Å². The minimum atomic E-state index is -0.259. The van der Waals surface area contributed by atoms with E-state index in [-0.39, 0.29) is 29.5 Å². The number of rotatable bonds is 12. The molecule has 2 aromatic carbocycles. The number of nitrogens with zero attached hydrogens (tertiary/aromatic N) is 5. The summed E-state index contributed by atoms with van der Waals surface area (Å²) in [5.74, 6) is 2.01. The van der Waals surface area contributed by atoms with Crippen LogP contribution in [0.15, 0.2) is 52.0 Å². The van der Waals surface area contributed by atoms with Gasteiger partial charge in [-0.1, -0.05) is 74.7 Å². The van der Waals surface area contributed by atoms with E-state index >= 15 is 0 Å². The molecular weight excluding hydrogens is 595 g/mol. The Bertz CT molecular complexity index is 1530. The van der Waals surface area contributed by atoms with E-state index in [1.807, 2.05) is 31.2 Å². The van der Waals surface area contributed by atoms with Gasteiger partial charge in [-0.15, -0.1) is 20.4 Å². The molecule has 0 aliphatic carbocycles. The molecule has 0 atom stereocenters. The molecule has 2 aromatic heterocycles. The lowest BCUT2D eigenvalue weighted by Gasteiger charge is -2.19. The number of anilines is 1. The number of benzene rings is 2. The molecule has 14 heteroatoms. The molecule has 0 aliphatic heterocycles. The Hall–Kier alpha value is -3.62. The highest BCUT2D eigenvalue weighted by atomic mass is 32.2. The Balaban J connectivity index is 1.55. The van der Waals surface area contributed by atoms with Crippen LogP contribution in [-0.4, -0.2) is 62.5 Å². The topological polar surface area (TPSA) is 133 Å². The van der Waals surface area contributed by atoms with Crippen molar-refractivity contribution < 1.29 is 19.1 Å². The lowest BCUT2D eigenvalue weighted by Crippen LogP contribution is -2.25. The van der Waals surface area contributed by atoms with Crippen LogP contribution in [0.4, 0.5) is 5.13 Å². The van der Waals surface area contributed by atoms with Crippen LogP contribution in [0.2, 0.25) is 0 Å². The molecule has 0 aliphatic rings. The number of hydrogen-bond acceptors (Lipinski definition) is 11. The molecule has 0 saturated carbocycles. The smallest absolute Gasteiger partial charge is 0.251 e. The molecule has 2 N–H and O–H groups in total. The number of methoxy groups -OCH3 is 2. The SMILES string of the molecule is CCSc1nnc(NC(=O)CSc2nnc(CNC(=O)c3ccc(C(C)(C)C)cc3)n2-c2cc(OC)ccc2OC)s1. The fourth-order valence-electron chi connectivity index (χ4n) is 3.83. The average molecular weight is 628 g/mol. The van der Waals surface area contributed by atoms with Crippen molar-refractivity contribution in [3.63, 3.8) is 0 Å². The summed E-state index contributed by atoms with van der Waals surface area (Å²) in [5.41, 5.74) is 2.27. The van der Waals surface area contributed by atoms with Crippen molar-refractivity contribution in [2.75, 3.05) is 31.0 Å². The molecule has 42 heavy (non-hydrogen) atoms. The number of ether oxygens (including phenoxy) is 2. The molecule has 4 aromatic rings. The maximum absolute atomic E-state index is 13.0. The molecule has 0 radical (unpaired) electrons. The van der Waals surface area contributed by atoms with Crippen molar-refractivity contribution in [3.05, 3.63) is 59.4 Å². The van der Waals surface area contributed by atoms with Crippen molar-refractivity contribution >= 4 is 51.8 Å². The van der Waals surface area contributed by atoms with E-state index in [4.69, 9.17) is 9.47 Å². The Morgan fingerprint density at radius 1 is 0.976 bits per heavy atom. The van der Waals surface area contributed by atoms with Gasteiger partial charge in [0.05, 0.1) is 32.2 Å². The first-order chi connectivity index (χ1) is 20.1. The first-order valence-corrected chi connectivity index (χ1v) is 15.9. The maximum atomic E-state index is 13.0. The Morgan fingerprint density at radius 2 is 1.74 bits per heavy atom. The first kappa shape index (κ1) is 31.3. The second kappa shape index (κ2) is 14.0. The van der Waals surface area contributed by atoms with Crippen LogP contribution < -0.4 is 20.1 Å². The van der Waals surface area contributed by atoms with Gasteiger partial charge in [-0.3, -0.25) is 19.5 Å². The number of thioether (sulfide) groups is 2. The lowest BCUT2D eigenvalue weighted by atomic mass is 9.87. The number of nitrogens with one attached hydrogen (secondary N) is 2. The predicted octanol–water partition coefficient (Wildman–Crippen LogP) is 5.21. The van der Waals surface area contributed by atoms with E-state index in [1.54, 1.807) is 48.7 Å². The van der Waals surface area contributed by atoms with Gasteiger partial charge in [-0.2, -0.15) is 0 Å². The molecule has 11 nitrogen and oxygen atoms in total. The Morgan fingerprint density at radius 3 is 2.40 bits per heavy atom. The van der Waals surface area contributed by atoms with Crippen LogP contribution in [0.5, 0.6) is 11.5 Å². The van der Waals surface area contributed by atoms with Crippen LogP contribution in [0.3, 0.4) is 0 Å². The second-order valence-corrected chi connectivity index (χ2v) is 13.4. The second-order valence-electron chi connectivity index (χ2n) is 9.93. The van der Waals surface area contributed by atoms with Crippen molar-refractivity contribution in [3.8, 4) is 17.2 Å². The molecule has 222 valence electrons. The van der Waals surface area contributed by atoms with Crippen LogP contribution in [0, 0.1) is 0 Å². The molecular formula is C28H33N7O4S3. The molecule has 0 saturated heterocycles. The van der Waals surface area contributed by atoms with Gasteiger partial charge >= 0.3 is 0 Å². The third-order valence-electron chi connectivity index (χ3n) is 6.00. The summed E-state index contributed by atoms with van der Waals surface area (Å²) in [5, 5.41) is 23.4. The Kier molecular flexibility index (Phi) is 10.5. The molecule has 0 bridgehead atoms. The number of carbonyl (C=O) groups is 2. The maximum Gasteiger partial charge on any atom is 0.251 e. The summed E-state index contributed by atoms with van der Waals surface area (Å²) in [7, 11) is 3.13. The van der Waals surface area contributed by atoms with Gasteiger partial charge in [0.25, 0.3) is 5.91 Å². The van der Waals surface area contributed by atoms with E-state index < -0.39 is 0 Å². The zero-order valence-electron chi connectivity index (χ0n) is 24.3. The molecule has 2 heterocycles. The van der Waals surface area contributed by atoms with Gasteiger partial charge in [0.15, 0.2) is 15.3 Å². The number of amides is 2. The third kappa shape index (κ3) is 7.81. The first-order valence-electron chi connectivity index (χ1n) is 13.1. The van der Waals surface area contributed by atoms with E-state index in [9.17, 15) is 9.59 Å². The highest BCUT2D eigenvalue weighted by Crippen LogP contribution is 2.32. The lowest BCUT2D eigenvalue weighted by molar-refractivity contribution is -0.113. The molecule has 0 unspecified atom stereocenters. The normalized spacial score (nSPS) is 11.3. The van der Waals surface area contributed by atoms with Gasteiger partial charge in [0.2, 0.25) is 11.0 Å². The highest BCUT2D eigenvalue weighted by Gasteiger charge is 2.21. The predicted molar refractivity (Wildman–Crippen MR) is 166 cm³/mol. The van der Waals surface area contributed by atoms with Crippen molar-refractivity contribution in [1.29, 1.82) is 0 Å². The summed E-state index contributed by atoms with van der Waals surface area (Å²) in [4.78, 5) is 25.7. The number of hydrogen-bond donors (Lipinski definition) is 2. The van der Waals surface area contributed by atoms with Gasteiger partial charge < -0.3 is 14.8 Å². The van der Waals surface area contributed by atoms with Crippen LogP contribution >= 0.6 is 34.9 Å². The van der Waals surface area contributed by atoms with Gasteiger partial charge in [0.1, 0.15) is 11.5 Å². The van der Waals surface area contributed by atoms with Gasteiger partial charge in [0, 0.05) is 11.6 Å². The van der Waals surface area contributed by atoms with Crippen molar-refractivity contribution in [2.24, 2.45) is 0 Å². The average Bonchev–Trinajstić information content (AvgIpc) is 3.60. The van der Waals surface area contributed by atoms with Crippen molar-refractivity contribution in [2.45, 2.75) is 49.2 Å². The quantitative estimate of drug-likeness (QED) is 0.159. The van der Waals surface area contributed by atoms with Gasteiger partial charge in [-0.05, 0) is 41.0 Å². The zero-order valence-corrected chi connectivity index (χ0v) is 26.7. The molecule has 0 spiro atoms. The van der Waals surface area contributed by atoms with Gasteiger partial charge in [-0.25, -0.2) is 0 Å². The van der Waals surface area contributed by atoms with Crippen LogP contribution in [0.25, 0.3) is 5.69 Å². The number of aromatic nitrogens is 5. The largest absolute Gasteiger partial charge is 0.497 e. The molecule has 2 amide bonds. The standard InChI is InChI=1S/C28H33N7O4S3/c1-7-40-27-34-32-25(42-27)30-23(36)16-41-26-33-31-22(35(26)20-14-19(38-5)12-13-21(20)39-6)15-29-24(37)17-8-10-18(11-9-17)28(2,3)4/h8-14H,7,15-16H2,1-6H3,(H,29,37)(H,30,32,36). The highest BCUT2D eigenvalue weighted by molar-refractivity contribution is 8.01. The van der Waals surface area contributed by atoms with Crippen molar-refractivity contribution in [1.82, 2.24) is 30.3 Å². The van der Waals surface area contributed by atoms with E-state index in [0.29, 0.717) is 38.9 Å². The zero-order chi connectivity index (χ0) is 30.3. The number of carbonyl (C=O) groups excluding carboxylic acids is 2. The molecule has 0 fully saturated rings. The van der Waals surface area contributed by atoms with E-state index in [1.165, 1.54) is 23.1 Å².